The van der Waals surface area contributed by atoms with Crippen molar-refractivity contribution >= 4 is 0 Å². The number of rotatable bonds is 7. The molecule has 0 amide bonds. The molecule has 0 aromatic carbocycles. The van der Waals surface area contributed by atoms with Gasteiger partial charge in [0.2, 0.25) is 0 Å². The van der Waals surface area contributed by atoms with Crippen LogP contribution in [-0.4, -0.2) is 30.6 Å². The van der Waals surface area contributed by atoms with Gasteiger partial charge in [0.25, 0.3) is 0 Å². The van der Waals surface area contributed by atoms with E-state index in [0.29, 0.717) is 11.5 Å². The van der Waals surface area contributed by atoms with Crippen LogP contribution in [0, 0.1) is 5.41 Å². The summed E-state index contributed by atoms with van der Waals surface area (Å²) in [5, 5.41) is 0. The second-order valence-electron chi connectivity index (χ2n) is 7.45. The molecule has 0 N–H and O–H groups in total. The SMILES string of the molecule is C/C=C\CC(C)(C)C.C=C/C=C/OC1CCCN(CCCC)C1. The van der Waals surface area contributed by atoms with Crippen molar-refractivity contribution < 1.29 is 4.74 Å². The Bertz CT molecular complexity index is 338. The molecule has 1 atom stereocenters. The van der Waals surface area contributed by atoms with Crippen molar-refractivity contribution in [3.8, 4) is 0 Å². The molecule has 2 nitrogen and oxygen atoms in total. The van der Waals surface area contributed by atoms with Gasteiger partial charge in [-0.1, -0.05) is 58.9 Å². The number of hydrogen-bond donors (Lipinski definition) is 0. The predicted octanol–water partition coefficient (Wildman–Crippen LogP) is 5.97. The molecule has 0 aromatic rings. The van der Waals surface area contributed by atoms with E-state index < -0.39 is 0 Å². The maximum atomic E-state index is 5.64. The van der Waals surface area contributed by atoms with Crippen LogP contribution < -0.4 is 0 Å². The lowest BCUT2D eigenvalue weighted by Crippen LogP contribution is -2.39. The van der Waals surface area contributed by atoms with Crippen molar-refractivity contribution in [1.29, 1.82) is 0 Å². The number of allylic oxidation sites excluding steroid dienone is 4. The highest BCUT2D eigenvalue weighted by atomic mass is 16.5. The molecule has 134 valence electrons. The van der Waals surface area contributed by atoms with E-state index in [9.17, 15) is 0 Å². The number of unbranched alkanes of at least 4 members (excludes halogenated alkanes) is 1. The van der Waals surface area contributed by atoms with Crippen molar-refractivity contribution in [3.63, 3.8) is 0 Å². The van der Waals surface area contributed by atoms with Crippen molar-refractivity contribution in [2.45, 2.75) is 72.8 Å². The molecule has 0 bridgehead atoms. The first-order chi connectivity index (χ1) is 10.9. The van der Waals surface area contributed by atoms with Crippen molar-refractivity contribution in [3.05, 3.63) is 37.1 Å². The van der Waals surface area contributed by atoms with Gasteiger partial charge < -0.3 is 4.74 Å². The lowest BCUT2D eigenvalue weighted by Gasteiger charge is -2.31. The largest absolute Gasteiger partial charge is 0.497 e. The van der Waals surface area contributed by atoms with Gasteiger partial charge in [-0.05, 0) is 57.2 Å². The second-order valence-corrected chi connectivity index (χ2v) is 7.45. The maximum Gasteiger partial charge on any atom is 0.110 e. The van der Waals surface area contributed by atoms with Gasteiger partial charge in [0.1, 0.15) is 6.10 Å². The summed E-state index contributed by atoms with van der Waals surface area (Å²) in [5.41, 5.74) is 0.465. The zero-order chi connectivity index (χ0) is 17.6. The van der Waals surface area contributed by atoms with Gasteiger partial charge in [-0.15, -0.1) is 0 Å². The molecule has 23 heavy (non-hydrogen) atoms. The van der Waals surface area contributed by atoms with Gasteiger partial charge in [0.15, 0.2) is 0 Å². The third-order valence-corrected chi connectivity index (χ3v) is 3.74. The van der Waals surface area contributed by atoms with Gasteiger partial charge in [-0.3, -0.25) is 4.90 Å². The molecule has 1 heterocycles. The minimum atomic E-state index is 0.381. The Kier molecular flexibility index (Phi) is 12.8. The predicted molar refractivity (Wildman–Crippen MR) is 104 cm³/mol. The molecule has 1 fully saturated rings. The van der Waals surface area contributed by atoms with E-state index >= 15 is 0 Å². The molecule has 0 radical (unpaired) electrons. The number of nitrogens with zero attached hydrogens (tertiary/aromatic N) is 1. The second kappa shape index (κ2) is 13.4. The van der Waals surface area contributed by atoms with Crippen LogP contribution in [0.2, 0.25) is 0 Å². The number of piperidine rings is 1. The van der Waals surface area contributed by atoms with Crippen LogP contribution >= 0.6 is 0 Å². The summed E-state index contributed by atoms with van der Waals surface area (Å²) in [5.74, 6) is 0. The quantitative estimate of drug-likeness (QED) is 0.325. The minimum Gasteiger partial charge on any atom is -0.497 e. The molecule has 1 rings (SSSR count). The maximum absolute atomic E-state index is 5.64. The van der Waals surface area contributed by atoms with Crippen molar-refractivity contribution in [2.75, 3.05) is 19.6 Å². The van der Waals surface area contributed by atoms with E-state index in [-0.39, 0.29) is 0 Å². The number of likely N-dealkylation sites (tertiary alicyclic amines) is 1. The number of hydrogen-bond acceptors (Lipinski definition) is 2. The Morgan fingerprint density at radius 1 is 1.30 bits per heavy atom. The molecule has 0 saturated carbocycles. The molecule has 1 saturated heterocycles. The summed E-state index contributed by atoms with van der Waals surface area (Å²) in [6.07, 6.45) is 16.3. The average molecular weight is 322 g/mol. The van der Waals surface area contributed by atoms with Gasteiger partial charge in [0, 0.05) is 6.54 Å². The van der Waals surface area contributed by atoms with Crippen LogP contribution in [0.3, 0.4) is 0 Å². The standard InChI is InChI=1S/C13H23NO.C8H16/c1-3-5-9-14-10-7-8-13(12-14)15-11-6-4-2;1-5-6-7-8(2,3)4/h4,6,11,13H,2-3,5,7-10,12H2,1H3;5-6H,7H2,1-4H3/b11-6+;6-5-. The van der Waals surface area contributed by atoms with Gasteiger partial charge >= 0.3 is 0 Å². The lowest BCUT2D eigenvalue weighted by atomic mass is 9.92. The molecule has 1 aliphatic heterocycles. The van der Waals surface area contributed by atoms with Crippen LogP contribution in [0.4, 0.5) is 0 Å². The van der Waals surface area contributed by atoms with Crippen LogP contribution in [0.15, 0.2) is 37.1 Å². The van der Waals surface area contributed by atoms with E-state index in [1.54, 1.807) is 12.3 Å². The van der Waals surface area contributed by atoms with E-state index in [4.69, 9.17) is 4.74 Å². The third-order valence-electron chi connectivity index (χ3n) is 3.74. The lowest BCUT2D eigenvalue weighted by molar-refractivity contribution is 0.0557. The molecule has 0 aromatic heterocycles. The summed E-state index contributed by atoms with van der Waals surface area (Å²) < 4.78 is 5.64. The fourth-order valence-electron chi connectivity index (χ4n) is 2.39. The van der Waals surface area contributed by atoms with Gasteiger partial charge in [-0.2, -0.15) is 0 Å². The monoisotopic (exact) mass is 321 g/mol. The van der Waals surface area contributed by atoms with Crippen LogP contribution in [0.1, 0.15) is 66.7 Å². The summed E-state index contributed by atoms with van der Waals surface area (Å²) in [6.45, 7) is 18.2. The van der Waals surface area contributed by atoms with Crippen molar-refractivity contribution in [2.24, 2.45) is 5.41 Å². The fraction of sp³-hybridized carbons (Fsp3) is 0.714. The first-order valence-electron chi connectivity index (χ1n) is 9.19. The smallest absolute Gasteiger partial charge is 0.110 e. The Morgan fingerprint density at radius 2 is 2.04 bits per heavy atom. The molecule has 0 aliphatic carbocycles. The average Bonchev–Trinajstić information content (AvgIpc) is 2.51. The molecule has 1 unspecified atom stereocenters. The summed E-state index contributed by atoms with van der Waals surface area (Å²) in [6, 6.07) is 0. The fourth-order valence-corrected chi connectivity index (χ4v) is 2.39. The van der Waals surface area contributed by atoms with Crippen molar-refractivity contribution in [1.82, 2.24) is 4.90 Å². The van der Waals surface area contributed by atoms with E-state index in [2.05, 4.69) is 58.2 Å². The third kappa shape index (κ3) is 14.3. The minimum absolute atomic E-state index is 0.381. The van der Waals surface area contributed by atoms with Gasteiger partial charge in [-0.25, -0.2) is 0 Å². The van der Waals surface area contributed by atoms with Crippen LogP contribution in [0.25, 0.3) is 0 Å². The van der Waals surface area contributed by atoms with Crippen LogP contribution in [0.5, 0.6) is 0 Å². The molecular formula is C21H39NO. The Labute approximate surface area is 145 Å². The zero-order valence-electron chi connectivity index (χ0n) is 16.2. The highest BCUT2D eigenvalue weighted by molar-refractivity contribution is 4.93. The molecular weight excluding hydrogens is 282 g/mol. The topological polar surface area (TPSA) is 12.5 Å². The highest BCUT2D eigenvalue weighted by Gasteiger charge is 2.19. The number of ether oxygens (including phenoxy) is 1. The van der Waals surface area contributed by atoms with E-state index in [1.807, 2.05) is 6.08 Å². The molecule has 0 spiro atoms. The summed E-state index contributed by atoms with van der Waals surface area (Å²) in [4.78, 5) is 2.51. The Morgan fingerprint density at radius 3 is 2.57 bits per heavy atom. The molecule has 2 heteroatoms. The summed E-state index contributed by atoms with van der Waals surface area (Å²) >= 11 is 0. The Hall–Kier alpha value is -1.02. The van der Waals surface area contributed by atoms with Gasteiger partial charge in [0.05, 0.1) is 6.26 Å². The van der Waals surface area contributed by atoms with E-state index in [0.717, 1.165) is 6.54 Å². The summed E-state index contributed by atoms with van der Waals surface area (Å²) in [7, 11) is 0. The van der Waals surface area contributed by atoms with E-state index in [1.165, 1.54) is 45.2 Å². The van der Waals surface area contributed by atoms with Crippen LogP contribution in [-0.2, 0) is 4.74 Å². The first-order valence-corrected chi connectivity index (χ1v) is 9.19. The highest BCUT2D eigenvalue weighted by Crippen LogP contribution is 2.18. The normalized spacial score (nSPS) is 19.6. The first kappa shape index (κ1) is 22.0. The molecule has 1 aliphatic rings. The Balaban J connectivity index is 0.000000515. The zero-order valence-corrected chi connectivity index (χ0v) is 16.2.